The van der Waals surface area contributed by atoms with E-state index in [0.29, 0.717) is 19.5 Å². The molecule has 1 aromatic carbocycles. The predicted octanol–water partition coefficient (Wildman–Crippen LogP) is 4.57. The third kappa shape index (κ3) is 4.96. The Morgan fingerprint density at radius 3 is 2.71 bits per heavy atom. The molecule has 6 rings (SSSR count). The molecule has 3 aromatic heterocycles. The molecule has 1 saturated heterocycles. The maximum absolute atomic E-state index is 13.0. The minimum absolute atomic E-state index is 0.143. The summed E-state index contributed by atoms with van der Waals surface area (Å²) in [7, 11) is 1.84. The number of pyridine rings is 2. The number of rotatable bonds is 4. The first-order chi connectivity index (χ1) is 18.6. The summed E-state index contributed by atoms with van der Waals surface area (Å²) in [5.74, 6) is 0.143. The summed E-state index contributed by atoms with van der Waals surface area (Å²) >= 11 is 7.99. The van der Waals surface area contributed by atoms with Crippen LogP contribution in [0.2, 0.25) is 5.02 Å². The molecule has 0 atom stereocenters. The zero-order valence-corrected chi connectivity index (χ0v) is 22.5. The van der Waals surface area contributed by atoms with Crippen molar-refractivity contribution in [3.05, 3.63) is 93.5 Å². The molecular formula is C28H26ClN7OS. The summed E-state index contributed by atoms with van der Waals surface area (Å²) in [6.45, 7) is 1.38. The molecule has 1 amide bonds. The second kappa shape index (κ2) is 10.7. The fraction of sp³-hybridized carbons (Fsp3) is 0.286. The van der Waals surface area contributed by atoms with Crippen molar-refractivity contribution < 1.29 is 4.79 Å². The van der Waals surface area contributed by atoms with Gasteiger partial charge < -0.3 is 4.90 Å². The van der Waals surface area contributed by atoms with Crippen LogP contribution in [0.1, 0.15) is 40.8 Å². The molecule has 192 valence electrons. The average molecular weight is 544 g/mol. The number of tetrazole rings is 1. The Hall–Kier alpha value is -3.56. The average Bonchev–Trinajstić information content (AvgIpc) is 3.26. The number of fused-ring (bicyclic) bond motifs is 2. The van der Waals surface area contributed by atoms with Crippen LogP contribution in [0.15, 0.2) is 70.6 Å². The largest absolute Gasteiger partial charge is 0.342 e. The Bertz CT molecular complexity index is 1530. The molecule has 4 aromatic rings. The van der Waals surface area contributed by atoms with Crippen molar-refractivity contribution in [1.82, 2.24) is 35.1 Å². The van der Waals surface area contributed by atoms with Crippen LogP contribution in [0, 0.1) is 0 Å². The summed E-state index contributed by atoms with van der Waals surface area (Å²) in [6, 6.07) is 12.0. The molecule has 0 spiro atoms. The molecule has 0 radical (unpaired) electrons. The van der Waals surface area contributed by atoms with Crippen molar-refractivity contribution in [2.45, 2.75) is 42.2 Å². The number of benzene rings is 1. The van der Waals surface area contributed by atoms with E-state index in [9.17, 15) is 4.79 Å². The van der Waals surface area contributed by atoms with Gasteiger partial charge in [-0.25, -0.2) is 4.68 Å². The molecule has 0 saturated carbocycles. The summed E-state index contributed by atoms with van der Waals surface area (Å²) in [5.41, 5.74) is 8.08. The number of amides is 1. The summed E-state index contributed by atoms with van der Waals surface area (Å²) in [5, 5.41) is 13.4. The summed E-state index contributed by atoms with van der Waals surface area (Å²) in [4.78, 5) is 25.1. The standard InChI is InChI=1S/C28H26ClN7OS/c1-35-28(32-33-34-35)38-24-8-12-31-27-23(24)6-4-20-16-21(29)5-7-22(20)26(27)19-9-13-36(14-10-19)25(37)15-18-3-2-11-30-17-18/h2-3,5,7-8,11-12,16-17H,4,6,9-10,13-15H2,1H3. The van der Waals surface area contributed by atoms with Crippen LogP contribution < -0.4 is 0 Å². The number of hydrogen-bond donors (Lipinski definition) is 0. The van der Waals surface area contributed by atoms with Crippen molar-refractivity contribution in [2.75, 3.05) is 13.1 Å². The zero-order chi connectivity index (χ0) is 26.1. The van der Waals surface area contributed by atoms with E-state index in [2.05, 4.69) is 32.6 Å². The first kappa shape index (κ1) is 24.8. The van der Waals surface area contributed by atoms with Gasteiger partial charge in [-0.1, -0.05) is 29.3 Å². The number of aromatic nitrogens is 6. The number of piperidine rings is 1. The second-order valence-electron chi connectivity index (χ2n) is 9.52. The van der Waals surface area contributed by atoms with Crippen molar-refractivity contribution in [3.63, 3.8) is 0 Å². The predicted molar refractivity (Wildman–Crippen MR) is 146 cm³/mol. The third-order valence-electron chi connectivity index (χ3n) is 7.16. The van der Waals surface area contributed by atoms with Gasteiger partial charge in [-0.3, -0.25) is 14.8 Å². The van der Waals surface area contributed by atoms with Gasteiger partial charge in [0.05, 0.1) is 12.1 Å². The minimum Gasteiger partial charge on any atom is -0.342 e. The fourth-order valence-electron chi connectivity index (χ4n) is 5.26. The number of carbonyl (C=O) groups is 1. The molecule has 0 N–H and O–H groups in total. The van der Waals surface area contributed by atoms with Gasteiger partial charge in [0.15, 0.2) is 0 Å². The molecular weight excluding hydrogens is 518 g/mol. The number of likely N-dealkylation sites (tertiary alicyclic amines) is 1. The second-order valence-corrected chi connectivity index (χ2v) is 11.0. The maximum atomic E-state index is 13.0. The minimum atomic E-state index is 0.143. The van der Waals surface area contributed by atoms with E-state index < -0.39 is 0 Å². The van der Waals surface area contributed by atoms with Crippen LogP contribution in [-0.2, 0) is 31.1 Å². The van der Waals surface area contributed by atoms with Gasteiger partial charge in [0.25, 0.3) is 0 Å². The lowest BCUT2D eigenvalue weighted by Crippen LogP contribution is -2.37. The Labute approximate surface area is 230 Å². The number of carbonyl (C=O) groups excluding carboxylic acids is 1. The van der Waals surface area contributed by atoms with Gasteiger partial charge in [-0.2, -0.15) is 0 Å². The van der Waals surface area contributed by atoms with E-state index in [-0.39, 0.29) is 5.91 Å². The van der Waals surface area contributed by atoms with E-state index in [1.165, 1.54) is 27.8 Å². The van der Waals surface area contributed by atoms with Gasteiger partial charge in [0.1, 0.15) is 0 Å². The molecule has 1 fully saturated rings. The molecule has 1 aliphatic heterocycles. The smallest absolute Gasteiger partial charge is 0.227 e. The third-order valence-corrected chi connectivity index (χ3v) is 8.53. The first-order valence-corrected chi connectivity index (χ1v) is 13.8. The topological polar surface area (TPSA) is 89.7 Å². The van der Waals surface area contributed by atoms with Crippen molar-refractivity contribution in [1.29, 1.82) is 0 Å². The van der Waals surface area contributed by atoms with E-state index in [1.54, 1.807) is 28.8 Å². The fourth-order valence-corrected chi connectivity index (χ4v) is 6.34. The van der Waals surface area contributed by atoms with Crippen LogP contribution in [0.25, 0.3) is 5.57 Å². The Kier molecular flexibility index (Phi) is 6.95. The van der Waals surface area contributed by atoms with E-state index in [4.69, 9.17) is 16.6 Å². The van der Waals surface area contributed by atoms with Crippen LogP contribution in [0.4, 0.5) is 0 Å². The maximum Gasteiger partial charge on any atom is 0.227 e. The zero-order valence-electron chi connectivity index (χ0n) is 21.0. The van der Waals surface area contributed by atoms with Crippen molar-refractivity contribution in [3.8, 4) is 0 Å². The van der Waals surface area contributed by atoms with E-state index in [0.717, 1.165) is 52.0 Å². The lowest BCUT2D eigenvalue weighted by atomic mass is 9.88. The number of nitrogens with zero attached hydrogens (tertiary/aromatic N) is 7. The lowest BCUT2D eigenvalue weighted by molar-refractivity contribution is -0.130. The molecule has 0 unspecified atom stereocenters. The van der Waals surface area contributed by atoms with Gasteiger partial charge in [0, 0.05) is 54.2 Å². The van der Waals surface area contributed by atoms with Gasteiger partial charge >= 0.3 is 0 Å². The Morgan fingerprint density at radius 2 is 1.95 bits per heavy atom. The molecule has 10 heteroatoms. The van der Waals surface area contributed by atoms with E-state index >= 15 is 0 Å². The molecule has 38 heavy (non-hydrogen) atoms. The van der Waals surface area contributed by atoms with Gasteiger partial charge in [-0.15, -0.1) is 5.10 Å². The highest BCUT2D eigenvalue weighted by Gasteiger charge is 2.28. The van der Waals surface area contributed by atoms with Crippen molar-refractivity contribution >= 4 is 34.8 Å². The Morgan fingerprint density at radius 1 is 1.08 bits per heavy atom. The highest BCUT2D eigenvalue weighted by atomic mass is 35.5. The molecule has 8 nitrogen and oxygen atoms in total. The molecule has 0 bridgehead atoms. The van der Waals surface area contributed by atoms with Crippen LogP contribution in [0.5, 0.6) is 0 Å². The summed E-state index contributed by atoms with van der Waals surface area (Å²) in [6.07, 6.45) is 9.07. The Balaban J connectivity index is 1.35. The number of aryl methyl sites for hydroxylation is 2. The number of halogens is 1. The first-order valence-electron chi connectivity index (χ1n) is 12.6. The van der Waals surface area contributed by atoms with Crippen LogP contribution >= 0.6 is 23.4 Å². The monoisotopic (exact) mass is 543 g/mol. The summed E-state index contributed by atoms with van der Waals surface area (Å²) < 4.78 is 1.68. The van der Waals surface area contributed by atoms with Crippen molar-refractivity contribution in [2.24, 2.45) is 7.05 Å². The highest BCUT2D eigenvalue weighted by molar-refractivity contribution is 7.99. The molecule has 1 aliphatic carbocycles. The molecule has 4 heterocycles. The molecule has 2 aliphatic rings. The van der Waals surface area contributed by atoms with Gasteiger partial charge in [-0.05, 0) is 94.4 Å². The van der Waals surface area contributed by atoms with Crippen LogP contribution in [-0.4, -0.2) is 54.1 Å². The van der Waals surface area contributed by atoms with Crippen LogP contribution in [0.3, 0.4) is 0 Å². The number of hydrogen-bond acceptors (Lipinski definition) is 7. The quantitative estimate of drug-likeness (QED) is 0.372. The normalized spacial score (nSPS) is 15.2. The lowest BCUT2D eigenvalue weighted by Gasteiger charge is -2.30. The van der Waals surface area contributed by atoms with Gasteiger partial charge in [0.2, 0.25) is 11.1 Å². The highest BCUT2D eigenvalue weighted by Crippen LogP contribution is 2.41. The van der Waals surface area contributed by atoms with E-state index in [1.807, 2.05) is 42.4 Å². The SMILES string of the molecule is Cn1nnnc1Sc1ccnc2c1CCc1cc(Cl)ccc1C2=C1CCN(C(=O)Cc2cccnc2)CC1.